The van der Waals surface area contributed by atoms with Gasteiger partial charge in [-0.2, -0.15) is 5.26 Å². The molecule has 2 aromatic heterocycles. The van der Waals surface area contributed by atoms with E-state index in [4.69, 9.17) is 4.98 Å². The molecule has 0 fully saturated rings. The average molecular weight is 366 g/mol. The lowest BCUT2D eigenvalue weighted by atomic mass is 9.92. The third kappa shape index (κ3) is 2.84. The molecular weight excluding hydrogens is 352 g/mol. The smallest absolute Gasteiger partial charge is 0.227 e. The van der Waals surface area contributed by atoms with E-state index in [1.165, 1.54) is 11.3 Å². The summed E-state index contributed by atoms with van der Waals surface area (Å²) in [7, 11) is 0. The minimum atomic E-state index is 0.186. The summed E-state index contributed by atoms with van der Waals surface area (Å²) < 4.78 is 1.12. The van der Waals surface area contributed by atoms with Crippen LogP contribution in [-0.2, 0) is 12.8 Å². The topological polar surface area (TPSA) is 81.8 Å². The predicted molar refractivity (Wildman–Crippen MR) is 101 cm³/mol. The van der Waals surface area contributed by atoms with Gasteiger partial charge in [-0.3, -0.25) is 0 Å². The molecule has 4 rings (SSSR count). The fourth-order valence-electron chi connectivity index (χ4n) is 2.99. The highest BCUT2D eigenvalue weighted by Gasteiger charge is 2.26. The van der Waals surface area contributed by atoms with Crippen LogP contribution >= 0.6 is 23.1 Å². The molecule has 2 N–H and O–H groups in total. The molecule has 124 valence electrons. The summed E-state index contributed by atoms with van der Waals surface area (Å²) in [6, 6.07) is 9.17. The van der Waals surface area contributed by atoms with Crippen LogP contribution in [0.4, 0.5) is 11.6 Å². The number of benzene rings is 1. The number of hydrogen-bond acceptors (Lipinski definition) is 7. The Morgan fingerprint density at radius 2 is 2.24 bits per heavy atom. The number of thioether (sulfide) groups is 1. The number of phenolic OH excluding ortho intramolecular Hbond substituents is 1. The first-order valence-corrected chi connectivity index (χ1v) is 9.76. The van der Waals surface area contributed by atoms with E-state index in [1.807, 2.05) is 18.5 Å². The van der Waals surface area contributed by atoms with Crippen molar-refractivity contribution < 1.29 is 5.11 Å². The first-order valence-electron chi connectivity index (χ1n) is 7.71. The van der Waals surface area contributed by atoms with Crippen molar-refractivity contribution in [3.63, 3.8) is 0 Å². The molecule has 1 aromatic carbocycles. The van der Waals surface area contributed by atoms with Crippen LogP contribution in [0.2, 0.25) is 0 Å². The zero-order chi connectivity index (χ0) is 17.4. The Morgan fingerprint density at radius 1 is 1.36 bits per heavy atom. The van der Waals surface area contributed by atoms with Gasteiger partial charge in [0, 0.05) is 23.5 Å². The monoisotopic (exact) mass is 366 g/mol. The molecular formula is C18H14N4OS2. The summed E-state index contributed by atoms with van der Waals surface area (Å²) in [5, 5.41) is 22.1. The first-order chi connectivity index (χ1) is 12.2. The Labute approximate surface area is 153 Å². The van der Waals surface area contributed by atoms with Crippen molar-refractivity contribution in [1.29, 1.82) is 5.26 Å². The standard InChI is InChI=1S/C18H14N4OS2/c1-24-17-15-13(14(8-19)25-17)6-5-10-9-20-18(22-16(10)15)21-11-3-2-4-12(23)7-11/h2-4,7,9,23H,5-6H2,1H3,(H,20,21,22). The third-order valence-corrected chi connectivity index (χ3v) is 6.37. The second-order valence-electron chi connectivity index (χ2n) is 5.63. The number of thiophene rings is 1. The average Bonchev–Trinajstić information content (AvgIpc) is 3.00. The van der Waals surface area contributed by atoms with Crippen molar-refractivity contribution in [2.45, 2.75) is 17.1 Å². The van der Waals surface area contributed by atoms with Gasteiger partial charge in [0.05, 0.1) is 9.90 Å². The van der Waals surface area contributed by atoms with Crippen LogP contribution < -0.4 is 5.32 Å². The lowest BCUT2D eigenvalue weighted by Crippen LogP contribution is -2.08. The molecule has 1 aliphatic rings. The zero-order valence-electron chi connectivity index (χ0n) is 13.4. The summed E-state index contributed by atoms with van der Waals surface area (Å²) in [6.45, 7) is 0. The minimum Gasteiger partial charge on any atom is -0.508 e. The van der Waals surface area contributed by atoms with Crippen LogP contribution in [0, 0.1) is 11.3 Å². The molecule has 0 atom stereocenters. The zero-order valence-corrected chi connectivity index (χ0v) is 15.0. The quantitative estimate of drug-likeness (QED) is 0.671. The Balaban J connectivity index is 1.79. The van der Waals surface area contributed by atoms with Gasteiger partial charge in [0.1, 0.15) is 16.7 Å². The summed E-state index contributed by atoms with van der Waals surface area (Å²) in [6.07, 6.45) is 5.57. The number of fused-ring (bicyclic) bond motifs is 3. The van der Waals surface area contributed by atoms with Gasteiger partial charge < -0.3 is 10.4 Å². The maximum Gasteiger partial charge on any atom is 0.227 e. The largest absolute Gasteiger partial charge is 0.508 e. The number of nitriles is 1. The molecule has 0 aliphatic heterocycles. The number of aromatic hydroxyl groups is 1. The van der Waals surface area contributed by atoms with E-state index in [0.717, 1.165) is 50.0 Å². The molecule has 5 nitrogen and oxygen atoms in total. The maximum atomic E-state index is 9.60. The fourth-order valence-corrected chi connectivity index (χ4v) is 4.88. The van der Waals surface area contributed by atoms with E-state index in [1.54, 1.807) is 30.0 Å². The van der Waals surface area contributed by atoms with Crippen LogP contribution in [0.15, 0.2) is 34.7 Å². The molecule has 0 spiro atoms. The number of rotatable bonds is 3. The van der Waals surface area contributed by atoms with Crippen molar-refractivity contribution in [2.75, 3.05) is 11.6 Å². The fraction of sp³-hybridized carbons (Fsp3) is 0.167. The van der Waals surface area contributed by atoms with Gasteiger partial charge in [0.2, 0.25) is 5.95 Å². The SMILES string of the molecule is CSc1sc(C#N)c2c1-c1nc(Nc3cccc(O)c3)ncc1CC2. The number of nitrogens with zero attached hydrogens (tertiary/aromatic N) is 3. The molecule has 0 bridgehead atoms. The summed E-state index contributed by atoms with van der Waals surface area (Å²) in [5.74, 6) is 0.667. The molecule has 0 amide bonds. The van der Waals surface area contributed by atoms with Crippen molar-refractivity contribution >= 4 is 34.7 Å². The van der Waals surface area contributed by atoms with Crippen LogP contribution in [0.3, 0.4) is 0 Å². The lowest BCUT2D eigenvalue weighted by molar-refractivity contribution is 0.475. The van der Waals surface area contributed by atoms with Crippen LogP contribution in [0.1, 0.15) is 16.0 Å². The minimum absolute atomic E-state index is 0.186. The molecule has 2 heterocycles. The Bertz CT molecular complexity index is 1010. The van der Waals surface area contributed by atoms with Crippen LogP contribution in [0.25, 0.3) is 11.3 Å². The van der Waals surface area contributed by atoms with Crippen molar-refractivity contribution in [3.05, 3.63) is 46.5 Å². The number of nitrogens with one attached hydrogen (secondary N) is 1. The Morgan fingerprint density at radius 3 is 3.00 bits per heavy atom. The van der Waals surface area contributed by atoms with Gasteiger partial charge in [-0.25, -0.2) is 9.97 Å². The summed E-state index contributed by atoms with van der Waals surface area (Å²) in [4.78, 5) is 9.90. The number of phenols is 1. The van der Waals surface area contributed by atoms with E-state index in [0.29, 0.717) is 5.95 Å². The van der Waals surface area contributed by atoms with E-state index in [-0.39, 0.29) is 5.75 Å². The highest BCUT2D eigenvalue weighted by Crippen LogP contribution is 2.45. The highest BCUT2D eigenvalue weighted by atomic mass is 32.2. The van der Waals surface area contributed by atoms with E-state index in [2.05, 4.69) is 16.4 Å². The lowest BCUT2D eigenvalue weighted by Gasteiger charge is -2.17. The van der Waals surface area contributed by atoms with Crippen LogP contribution in [0.5, 0.6) is 5.75 Å². The van der Waals surface area contributed by atoms with E-state index in [9.17, 15) is 10.4 Å². The van der Waals surface area contributed by atoms with Gasteiger partial charge in [-0.1, -0.05) is 6.07 Å². The van der Waals surface area contributed by atoms with Gasteiger partial charge >= 0.3 is 0 Å². The molecule has 7 heteroatoms. The van der Waals surface area contributed by atoms with Crippen LogP contribution in [-0.4, -0.2) is 21.3 Å². The molecule has 3 aromatic rings. The molecule has 0 saturated carbocycles. The summed E-state index contributed by atoms with van der Waals surface area (Å²) >= 11 is 3.19. The second kappa shape index (κ2) is 6.39. The van der Waals surface area contributed by atoms with Crippen molar-refractivity contribution in [1.82, 2.24) is 9.97 Å². The van der Waals surface area contributed by atoms with E-state index >= 15 is 0 Å². The molecule has 1 aliphatic carbocycles. The predicted octanol–water partition coefficient (Wildman–Crippen LogP) is 4.35. The van der Waals surface area contributed by atoms with E-state index < -0.39 is 0 Å². The van der Waals surface area contributed by atoms with Gasteiger partial charge in [-0.15, -0.1) is 23.1 Å². The number of hydrogen-bond donors (Lipinski definition) is 2. The van der Waals surface area contributed by atoms with Gasteiger partial charge in [0.15, 0.2) is 0 Å². The number of aryl methyl sites for hydroxylation is 1. The Hall–Kier alpha value is -2.56. The van der Waals surface area contributed by atoms with Crippen molar-refractivity contribution in [3.8, 4) is 23.1 Å². The highest BCUT2D eigenvalue weighted by molar-refractivity contribution is 8.00. The number of anilines is 2. The third-order valence-electron chi connectivity index (χ3n) is 4.11. The number of aromatic nitrogens is 2. The summed E-state index contributed by atoms with van der Waals surface area (Å²) in [5.41, 5.74) is 4.92. The normalized spacial score (nSPS) is 12.2. The maximum absolute atomic E-state index is 9.60. The molecule has 0 unspecified atom stereocenters. The van der Waals surface area contributed by atoms with Gasteiger partial charge in [-0.05, 0) is 42.4 Å². The molecule has 0 radical (unpaired) electrons. The first kappa shape index (κ1) is 15.9. The second-order valence-corrected chi connectivity index (χ2v) is 7.73. The van der Waals surface area contributed by atoms with Gasteiger partial charge in [0.25, 0.3) is 0 Å². The van der Waals surface area contributed by atoms with Crippen molar-refractivity contribution in [2.24, 2.45) is 0 Å². The molecule has 0 saturated heterocycles. The Kier molecular flexibility index (Phi) is 4.07. The molecule has 25 heavy (non-hydrogen) atoms.